The van der Waals surface area contributed by atoms with Crippen molar-refractivity contribution in [3.8, 4) is 0 Å². The molecule has 2 aromatic heterocycles. The fourth-order valence-corrected chi connectivity index (χ4v) is 4.07. The van der Waals surface area contributed by atoms with Crippen LogP contribution in [0.2, 0.25) is 0 Å². The van der Waals surface area contributed by atoms with Gasteiger partial charge in [-0.3, -0.25) is 4.79 Å². The molecule has 10 heteroatoms. The van der Waals surface area contributed by atoms with Crippen molar-refractivity contribution in [2.24, 2.45) is 0 Å². The highest BCUT2D eigenvalue weighted by Crippen LogP contribution is 2.34. The van der Waals surface area contributed by atoms with Crippen LogP contribution in [0.1, 0.15) is 18.3 Å². The Kier molecular flexibility index (Phi) is 5.40. The fourth-order valence-electron chi connectivity index (χ4n) is 3.06. The molecule has 2 aromatic carbocycles. The number of alkyl halides is 3. The van der Waals surface area contributed by atoms with Crippen LogP contribution in [0.5, 0.6) is 0 Å². The Morgan fingerprint density at radius 2 is 1.87 bits per heavy atom. The molecule has 0 aliphatic heterocycles. The van der Waals surface area contributed by atoms with Crippen molar-refractivity contribution in [3.05, 3.63) is 70.3 Å². The number of carbonyl (C=O) groups excluding carboxylic acids is 1. The van der Waals surface area contributed by atoms with Crippen LogP contribution < -0.4 is 10.9 Å². The summed E-state index contributed by atoms with van der Waals surface area (Å²) in [5.74, 6) is -1.31. The van der Waals surface area contributed by atoms with Gasteiger partial charge in [0.2, 0.25) is 11.7 Å². The maximum atomic E-state index is 13.2. The van der Waals surface area contributed by atoms with E-state index in [1.165, 1.54) is 25.1 Å². The molecule has 0 fully saturated rings. The molecule has 31 heavy (non-hydrogen) atoms. The van der Waals surface area contributed by atoms with Crippen molar-refractivity contribution >= 4 is 45.2 Å². The number of thioether (sulfide) groups is 1. The minimum Gasteiger partial charge on any atom is -0.423 e. The summed E-state index contributed by atoms with van der Waals surface area (Å²) in [4.78, 5) is 30.6. The maximum absolute atomic E-state index is 13.2. The number of nitrogens with one attached hydrogen (secondary N) is 1. The molecule has 2 heterocycles. The number of fused-ring (bicyclic) bond motifs is 2. The highest BCUT2D eigenvalue weighted by atomic mass is 32.2. The number of carbonyl (C=O) groups is 1. The van der Waals surface area contributed by atoms with Crippen LogP contribution in [-0.4, -0.2) is 15.9 Å². The normalized spacial score (nSPS) is 11.7. The van der Waals surface area contributed by atoms with Crippen molar-refractivity contribution in [2.75, 3.05) is 5.32 Å². The fraction of sp³-hybridized carbons (Fsp3) is 0.143. The van der Waals surface area contributed by atoms with Crippen LogP contribution in [0.25, 0.3) is 21.9 Å². The molecule has 0 saturated heterocycles. The first-order chi connectivity index (χ1) is 14.7. The van der Waals surface area contributed by atoms with E-state index in [4.69, 9.17) is 4.42 Å². The predicted molar refractivity (Wildman–Crippen MR) is 111 cm³/mol. The first-order valence-electron chi connectivity index (χ1n) is 9.02. The Balaban J connectivity index is 1.73. The number of amides is 1. The highest BCUT2D eigenvalue weighted by molar-refractivity contribution is 7.98. The van der Waals surface area contributed by atoms with Gasteiger partial charge in [-0.05, 0) is 23.8 Å². The average Bonchev–Trinajstić information content (AvgIpc) is 2.70. The summed E-state index contributed by atoms with van der Waals surface area (Å²) < 4.78 is 44.9. The monoisotopic (exact) mass is 445 g/mol. The van der Waals surface area contributed by atoms with Gasteiger partial charge >= 0.3 is 11.8 Å². The molecule has 0 atom stereocenters. The van der Waals surface area contributed by atoms with Crippen LogP contribution in [0.4, 0.5) is 18.9 Å². The van der Waals surface area contributed by atoms with Gasteiger partial charge < -0.3 is 9.73 Å². The lowest BCUT2D eigenvalue weighted by atomic mass is 10.1. The number of para-hydroxylation sites is 1. The summed E-state index contributed by atoms with van der Waals surface area (Å²) in [5, 5.41) is 3.86. The zero-order valence-electron chi connectivity index (χ0n) is 16.0. The second-order valence-electron chi connectivity index (χ2n) is 6.64. The summed E-state index contributed by atoms with van der Waals surface area (Å²) in [6.45, 7) is 1.36. The van der Waals surface area contributed by atoms with Gasteiger partial charge in [0.25, 0.3) is 0 Å². The van der Waals surface area contributed by atoms with Crippen molar-refractivity contribution in [3.63, 3.8) is 0 Å². The molecule has 6 nitrogen and oxygen atoms in total. The predicted octanol–water partition coefficient (Wildman–Crippen LogP) is 5.01. The lowest BCUT2D eigenvalue weighted by Crippen LogP contribution is -2.11. The molecule has 4 rings (SSSR count). The standard InChI is InChI=1S/C21H14F3N3O3S/c1-11(28)25-13-6-7-14-12(8-18(29)30-17(14)9-13)10-31-19-15-4-2-3-5-16(15)26-20(27-19)21(22,23)24/h2-9H,10H2,1H3,(H,25,28). The van der Waals surface area contributed by atoms with Crippen LogP contribution in [-0.2, 0) is 16.7 Å². The molecular formula is C21H14F3N3O3S. The minimum absolute atomic E-state index is 0.161. The van der Waals surface area contributed by atoms with E-state index in [9.17, 15) is 22.8 Å². The van der Waals surface area contributed by atoms with Crippen LogP contribution >= 0.6 is 11.8 Å². The second kappa shape index (κ2) is 8.03. The molecule has 0 spiro atoms. The number of anilines is 1. The summed E-state index contributed by atoms with van der Waals surface area (Å²) in [5.41, 5.74) is 0.876. The molecule has 0 aliphatic carbocycles. The van der Waals surface area contributed by atoms with E-state index in [1.807, 2.05) is 0 Å². The first-order valence-corrected chi connectivity index (χ1v) is 10.0. The molecule has 0 saturated carbocycles. The number of halogens is 3. The average molecular weight is 445 g/mol. The third-order valence-electron chi connectivity index (χ3n) is 4.34. The van der Waals surface area contributed by atoms with E-state index < -0.39 is 17.6 Å². The number of rotatable bonds is 4. The number of nitrogens with zero attached hydrogens (tertiary/aromatic N) is 2. The molecule has 0 bridgehead atoms. The van der Waals surface area contributed by atoms with E-state index in [0.717, 1.165) is 11.8 Å². The quantitative estimate of drug-likeness (QED) is 0.270. The van der Waals surface area contributed by atoms with E-state index >= 15 is 0 Å². The number of aromatic nitrogens is 2. The lowest BCUT2D eigenvalue weighted by Gasteiger charge is -2.11. The van der Waals surface area contributed by atoms with Crippen LogP contribution in [0, 0.1) is 0 Å². The summed E-state index contributed by atoms with van der Waals surface area (Å²) in [7, 11) is 0. The molecule has 0 radical (unpaired) electrons. The van der Waals surface area contributed by atoms with Gasteiger partial charge in [-0.15, -0.1) is 11.8 Å². The molecule has 1 amide bonds. The Bertz CT molecular complexity index is 1370. The van der Waals surface area contributed by atoms with E-state index in [0.29, 0.717) is 22.0 Å². The van der Waals surface area contributed by atoms with Gasteiger partial charge in [-0.1, -0.05) is 18.2 Å². The third-order valence-corrected chi connectivity index (χ3v) is 5.38. The summed E-state index contributed by atoms with van der Waals surface area (Å²) in [6, 6.07) is 12.6. The van der Waals surface area contributed by atoms with Gasteiger partial charge in [0, 0.05) is 41.3 Å². The zero-order valence-corrected chi connectivity index (χ0v) is 16.8. The van der Waals surface area contributed by atoms with Gasteiger partial charge in [0.1, 0.15) is 10.6 Å². The number of hydrogen-bond acceptors (Lipinski definition) is 6. The molecule has 0 unspecified atom stereocenters. The second-order valence-corrected chi connectivity index (χ2v) is 7.60. The lowest BCUT2D eigenvalue weighted by molar-refractivity contribution is -0.145. The van der Waals surface area contributed by atoms with Crippen LogP contribution in [0.15, 0.2) is 62.8 Å². The van der Waals surface area contributed by atoms with Crippen molar-refractivity contribution in [2.45, 2.75) is 23.9 Å². The smallest absolute Gasteiger partial charge is 0.423 e. The Morgan fingerprint density at radius 1 is 1.10 bits per heavy atom. The van der Waals surface area contributed by atoms with Gasteiger partial charge in [-0.25, -0.2) is 14.8 Å². The van der Waals surface area contributed by atoms with Crippen molar-refractivity contribution in [1.82, 2.24) is 9.97 Å². The van der Waals surface area contributed by atoms with Crippen molar-refractivity contribution in [1.29, 1.82) is 0 Å². The largest absolute Gasteiger partial charge is 0.451 e. The Labute approximate surface area is 177 Å². The summed E-state index contributed by atoms with van der Waals surface area (Å²) in [6.07, 6.45) is -4.68. The van der Waals surface area contributed by atoms with E-state index in [1.54, 1.807) is 30.3 Å². The van der Waals surface area contributed by atoms with E-state index in [2.05, 4.69) is 15.3 Å². The molecule has 158 valence electrons. The zero-order chi connectivity index (χ0) is 22.2. The highest BCUT2D eigenvalue weighted by Gasteiger charge is 2.35. The molecule has 0 aliphatic rings. The first kappa shape index (κ1) is 20.9. The molecular weight excluding hydrogens is 431 g/mol. The Hall–Kier alpha value is -3.40. The van der Waals surface area contributed by atoms with Gasteiger partial charge in [0.15, 0.2) is 0 Å². The van der Waals surface area contributed by atoms with Gasteiger partial charge in [-0.2, -0.15) is 13.2 Å². The Morgan fingerprint density at radius 3 is 2.61 bits per heavy atom. The van der Waals surface area contributed by atoms with Crippen molar-refractivity contribution < 1.29 is 22.4 Å². The number of benzene rings is 2. The summed E-state index contributed by atoms with van der Waals surface area (Å²) >= 11 is 1.07. The van der Waals surface area contributed by atoms with Gasteiger partial charge in [0.05, 0.1) is 5.52 Å². The maximum Gasteiger partial charge on any atom is 0.451 e. The minimum atomic E-state index is -4.68. The number of hydrogen-bond donors (Lipinski definition) is 1. The SMILES string of the molecule is CC(=O)Nc1ccc2c(CSc3nc(C(F)(F)F)nc4ccccc34)cc(=O)oc2c1. The molecule has 1 N–H and O–H groups in total. The third kappa shape index (κ3) is 4.53. The topological polar surface area (TPSA) is 85.1 Å². The van der Waals surface area contributed by atoms with E-state index in [-0.39, 0.29) is 27.8 Å². The van der Waals surface area contributed by atoms with Crippen LogP contribution in [0.3, 0.4) is 0 Å². The molecule has 4 aromatic rings.